The molecule has 5 nitrogen and oxygen atoms in total. The van der Waals surface area contributed by atoms with Crippen LogP contribution in [0.2, 0.25) is 0 Å². The number of aromatic carboxylic acids is 1. The van der Waals surface area contributed by atoms with E-state index in [1.54, 1.807) is 12.1 Å². The minimum atomic E-state index is -1.04. The number of carbonyl (C=O) groups is 1. The van der Waals surface area contributed by atoms with Gasteiger partial charge in [0.2, 0.25) is 0 Å². The number of epoxide rings is 1. The zero-order valence-corrected chi connectivity index (χ0v) is 8.80. The van der Waals surface area contributed by atoms with Crippen LogP contribution in [0.3, 0.4) is 0 Å². The van der Waals surface area contributed by atoms with Gasteiger partial charge in [-0.3, -0.25) is 0 Å². The van der Waals surface area contributed by atoms with E-state index in [4.69, 9.17) is 19.3 Å². The second kappa shape index (κ2) is 4.40. The quantitative estimate of drug-likeness (QED) is 0.760. The van der Waals surface area contributed by atoms with Crippen molar-refractivity contribution in [2.75, 3.05) is 20.3 Å². The highest BCUT2D eigenvalue weighted by atomic mass is 16.6. The maximum absolute atomic E-state index is 11.0. The van der Waals surface area contributed by atoms with E-state index in [2.05, 4.69) is 0 Å². The number of ether oxygens (including phenoxy) is 3. The molecule has 0 aromatic heterocycles. The number of hydrogen-bond acceptors (Lipinski definition) is 4. The van der Waals surface area contributed by atoms with E-state index < -0.39 is 5.97 Å². The van der Waals surface area contributed by atoms with Crippen molar-refractivity contribution >= 4 is 5.97 Å². The molecule has 1 aromatic carbocycles. The second-order valence-electron chi connectivity index (χ2n) is 3.43. The normalized spacial score (nSPS) is 17.9. The summed E-state index contributed by atoms with van der Waals surface area (Å²) in [6.07, 6.45) is 0.101. The molecule has 1 aliphatic rings. The summed E-state index contributed by atoms with van der Waals surface area (Å²) in [5.41, 5.74) is 0.0972. The van der Waals surface area contributed by atoms with E-state index in [1.807, 2.05) is 0 Å². The Kier molecular flexibility index (Phi) is 2.96. The molecular weight excluding hydrogens is 212 g/mol. The molecule has 5 heteroatoms. The van der Waals surface area contributed by atoms with Crippen LogP contribution in [0, 0.1) is 0 Å². The van der Waals surface area contributed by atoms with Gasteiger partial charge in [-0.05, 0) is 18.2 Å². The third kappa shape index (κ3) is 2.43. The fraction of sp³-hybridized carbons (Fsp3) is 0.364. The van der Waals surface area contributed by atoms with Gasteiger partial charge in [0, 0.05) is 0 Å². The molecule has 1 aromatic rings. The van der Waals surface area contributed by atoms with Crippen LogP contribution in [-0.2, 0) is 4.74 Å². The first-order valence-electron chi connectivity index (χ1n) is 4.86. The molecule has 1 atom stereocenters. The molecule has 1 N–H and O–H groups in total. The van der Waals surface area contributed by atoms with Gasteiger partial charge in [0.25, 0.3) is 0 Å². The first kappa shape index (κ1) is 10.8. The summed E-state index contributed by atoms with van der Waals surface area (Å²) in [6, 6.07) is 4.69. The Morgan fingerprint density at radius 2 is 2.38 bits per heavy atom. The molecule has 0 bridgehead atoms. The van der Waals surface area contributed by atoms with Gasteiger partial charge in [0.05, 0.1) is 13.7 Å². The summed E-state index contributed by atoms with van der Waals surface area (Å²) in [7, 11) is 1.49. The van der Waals surface area contributed by atoms with Gasteiger partial charge < -0.3 is 19.3 Å². The first-order valence-corrected chi connectivity index (χ1v) is 4.86. The lowest BCUT2D eigenvalue weighted by atomic mass is 10.2. The maximum atomic E-state index is 11.0. The average Bonchev–Trinajstić information content (AvgIpc) is 3.09. The van der Waals surface area contributed by atoms with E-state index in [1.165, 1.54) is 13.2 Å². The smallest absolute Gasteiger partial charge is 0.339 e. The molecule has 1 aliphatic heterocycles. The fourth-order valence-corrected chi connectivity index (χ4v) is 1.28. The third-order valence-electron chi connectivity index (χ3n) is 2.24. The second-order valence-corrected chi connectivity index (χ2v) is 3.43. The molecule has 2 rings (SSSR count). The van der Waals surface area contributed by atoms with Gasteiger partial charge in [-0.1, -0.05) is 0 Å². The van der Waals surface area contributed by atoms with E-state index in [9.17, 15) is 4.79 Å². The summed E-state index contributed by atoms with van der Waals surface area (Å²) in [6.45, 7) is 1.06. The number of rotatable bonds is 5. The van der Waals surface area contributed by atoms with Gasteiger partial charge in [0.1, 0.15) is 29.8 Å². The summed E-state index contributed by atoms with van der Waals surface area (Å²) in [5.74, 6) is -0.207. The Morgan fingerprint density at radius 1 is 1.62 bits per heavy atom. The number of carboxylic acid groups (broad SMARTS) is 1. The van der Waals surface area contributed by atoms with Crippen molar-refractivity contribution in [2.24, 2.45) is 0 Å². The van der Waals surface area contributed by atoms with Crippen molar-refractivity contribution in [2.45, 2.75) is 6.10 Å². The van der Waals surface area contributed by atoms with Crippen molar-refractivity contribution in [3.63, 3.8) is 0 Å². The number of carboxylic acids is 1. The van der Waals surface area contributed by atoms with Crippen molar-refractivity contribution in [3.05, 3.63) is 23.8 Å². The van der Waals surface area contributed by atoms with Crippen LogP contribution in [0.1, 0.15) is 10.4 Å². The van der Waals surface area contributed by atoms with Crippen LogP contribution in [0.25, 0.3) is 0 Å². The van der Waals surface area contributed by atoms with Crippen LogP contribution in [-0.4, -0.2) is 37.5 Å². The van der Waals surface area contributed by atoms with Gasteiger partial charge in [-0.25, -0.2) is 4.79 Å². The zero-order chi connectivity index (χ0) is 11.5. The molecule has 0 saturated carbocycles. The van der Waals surface area contributed by atoms with Gasteiger partial charge >= 0.3 is 5.97 Å². The maximum Gasteiger partial charge on any atom is 0.339 e. The van der Waals surface area contributed by atoms with Crippen LogP contribution in [0.5, 0.6) is 11.5 Å². The molecule has 0 spiro atoms. The lowest BCUT2D eigenvalue weighted by molar-refractivity contribution is 0.0691. The minimum absolute atomic E-state index is 0.0972. The molecule has 16 heavy (non-hydrogen) atoms. The Labute approximate surface area is 92.5 Å². The Hall–Kier alpha value is -1.75. The highest BCUT2D eigenvalue weighted by Crippen LogP contribution is 2.25. The fourth-order valence-electron chi connectivity index (χ4n) is 1.28. The third-order valence-corrected chi connectivity index (χ3v) is 2.24. The molecular formula is C11H12O5. The summed E-state index contributed by atoms with van der Waals surface area (Å²) in [5, 5.41) is 9.00. The predicted molar refractivity (Wildman–Crippen MR) is 55.2 cm³/mol. The average molecular weight is 224 g/mol. The molecule has 1 unspecified atom stereocenters. The largest absolute Gasteiger partial charge is 0.497 e. The van der Waals surface area contributed by atoms with Crippen molar-refractivity contribution in [1.29, 1.82) is 0 Å². The lowest BCUT2D eigenvalue weighted by Gasteiger charge is -2.09. The molecule has 1 saturated heterocycles. The molecule has 0 amide bonds. The Balaban J connectivity index is 2.16. The highest BCUT2D eigenvalue weighted by Gasteiger charge is 2.24. The SMILES string of the molecule is COc1ccc(OCC2CO2)c(C(=O)O)c1. The van der Waals surface area contributed by atoms with Crippen molar-refractivity contribution in [3.8, 4) is 11.5 Å². The van der Waals surface area contributed by atoms with E-state index in [-0.39, 0.29) is 11.7 Å². The molecule has 1 fully saturated rings. The summed E-state index contributed by atoms with van der Waals surface area (Å²) in [4.78, 5) is 11.0. The number of benzene rings is 1. The standard InChI is InChI=1S/C11H12O5/c1-14-7-2-3-10(9(4-7)11(12)13)16-6-8-5-15-8/h2-4,8H,5-6H2,1H3,(H,12,13). The Bertz CT molecular complexity index is 397. The minimum Gasteiger partial charge on any atom is -0.497 e. The van der Waals surface area contributed by atoms with Crippen LogP contribution in [0.15, 0.2) is 18.2 Å². The van der Waals surface area contributed by atoms with Crippen LogP contribution >= 0.6 is 0 Å². The highest BCUT2D eigenvalue weighted by molar-refractivity contribution is 5.91. The summed E-state index contributed by atoms with van der Waals surface area (Å²) >= 11 is 0. The zero-order valence-electron chi connectivity index (χ0n) is 8.80. The molecule has 1 heterocycles. The van der Waals surface area contributed by atoms with Crippen LogP contribution < -0.4 is 9.47 Å². The summed E-state index contributed by atoms with van der Waals surface area (Å²) < 4.78 is 15.3. The van der Waals surface area contributed by atoms with E-state index in [0.29, 0.717) is 24.7 Å². The van der Waals surface area contributed by atoms with Crippen molar-refractivity contribution < 1.29 is 24.1 Å². The van der Waals surface area contributed by atoms with E-state index in [0.717, 1.165) is 0 Å². The molecule has 86 valence electrons. The molecule has 0 aliphatic carbocycles. The first-order chi connectivity index (χ1) is 7.70. The van der Waals surface area contributed by atoms with Crippen molar-refractivity contribution in [1.82, 2.24) is 0 Å². The lowest BCUT2D eigenvalue weighted by Crippen LogP contribution is -2.08. The topological polar surface area (TPSA) is 68.3 Å². The number of hydrogen-bond donors (Lipinski definition) is 1. The van der Waals surface area contributed by atoms with Gasteiger partial charge in [-0.2, -0.15) is 0 Å². The predicted octanol–water partition coefficient (Wildman–Crippen LogP) is 1.17. The molecule has 0 radical (unpaired) electrons. The number of methoxy groups -OCH3 is 1. The van der Waals surface area contributed by atoms with Gasteiger partial charge in [-0.15, -0.1) is 0 Å². The van der Waals surface area contributed by atoms with Crippen LogP contribution in [0.4, 0.5) is 0 Å². The van der Waals surface area contributed by atoms with Gasteiger partial charge in [0.15, 0.2) is 0 Å². The Morgan fingerprint density at radius 3 is 2.94 bits per heavy atom. The monoisotopic (exact) mass is 224 g/mol. The van der Waals surface area contributed by atoms with E-state index >= 15 is 0 Å².